The van der Waals surface area contributed by atoms with Gasteiger partial charge in [0.25, 0.3) is 0 Å². The predicted octanol–water partition coefficient (Wildman–Crippen LogP) is 3.67. The summed E-state index contributed by atoms with van der Waals surface area (Å²) in [7, 11) is 0. The Hall–Kier alpha value is -1.67. The molecule has 2 rings (SSSR count). The van der Waals surface area contributed by atoms with Crippen molar-refractivity contribution in [1.29, 1.82) is 0 Å². The van der Waals surface area contributed by atoms with E-state index < -0.39 is 0 Å². The van der Waals surface area contributed by atoms with Crippen LogP contribution in [0.5, 0.6) is 0 Å². The Labute approximate surface area is 115 Å². The van der Waals surface area contributed by atoms with Gasteiger partial charge in [-0.2, -0.15) is 0 Å². The van der Waals surface area contributed by atoms with Crippen LogP contribution in [0.4, 0.5) is 0 Å². The molecule has 0 saturated carbocycles. The molecule has 1 heterocycles. The molecule has 0 aliphatic carbocycles. The summed E-state index contributed by atoms with van der Waals surface area (Å²) in [4.78, 5) is 4.03. The minimum absolute atomic E-state index is 0.116. The molecule has 0 aliphatic heterocycles. The first-order chi connectivity index (χ1) is 9.29. The van der Waals surface area contributed by atoms with Crippen molar-refractivity contribution in [3.63, 3.8) is 0 Å². The highest BCUT2D eigenvalue weighted by atomic mass is 14.6. The SMILES string of the molecule is CCCc1cccc(C(N)CCc2ccncc2)c1. The number of hydrogen-bond donors (Lipinski definition) is 1. The van der Waals surface area contributed by atoms with Crippen LogP contribution in [-0.2, 0) is 12.8 Å². The van der Waals surface area contributed by atoms with E-state index in [1.807, 2.05) is 12.4 Å². The first kappa shape index (κ1) is 13.8. The van der Waals surface area contributed by atoms with Crippen molar-refractivity contribution in [2.24, 2.45) is 5.73 Å². The molecule has 100 valence electrons. The molecule has 1 aromatic heterocycles. The van der Waals surface area contributed by atoms with Crippen LogP contribution in [0.2, 0.25) is 0 Å². The summed E-state index contributed by atoms with van der Waals surface area (Å²) in [5.41, 5.74) is 10.2. The van der Waals surface area contributed by atoms with Gasteiger partial charge in [0, 0.05) is 18.4 Å². The monoisotopic (exact) mass is 254 g/mol. The van der Waals surface area contributed by atoms with Crippen LogP contribution in [0.25, 0.3) is 0 Å². The second-order valence-corrected chi connectivity index (χ2v) is 5.00. The molecular weight excluding hydrogens is 232 g/mol. The van der Waals surface area contributed by atoms with E-state index in [2.05, 4.69) is 48.3 Å². The topological polar surface area (TPSA) is 38.9 Å². The maximum Gasteiger partial charge on any atom is 0.0298 e. The summed E-state index contributed by atoms with van der Waals surface area (Å²) in [6.45, 7) is 2.20. The fraction of sp³-hybridized carbons (Fsp3) is 0.353. The van der Waals surface area contributed by atoms with Gasteiger partial charge in [-0.05, 0) is 48.1 Å². The van der Waals surface area contributed by atoms with Gasteiger partial charge in [0.2, 0.25) is 0 Å². The lowest BCUT2D eigenvalue weighted by Gasteiger charge is -2.13. The first-order valence-corrected chi connectivity index (χ1v) is 7.03. The molecule has 1 unspecified atom stereocenters. The lowest BCUT2D eigenvalue weighted by Crippen LogP contribution is -2.11. The van der Waals surface area contributed by atoms with Crippen molar-refractivity contribution in [3.8, 4) is 0 Å². The van der Waals surface area contributed by atoms with E-state index >= 15 is 0 Å². The minimum Gasteiger partial charge on any atom is -0.324 e. The van der Waals surface area contributed by atoms with E-state index in [1.54, 1.807) is 0 Å². The number of hydrogen-bond acceptors (Lipinski definition) is 2. The molecule has 2 heteroatoms. The lowest BCUT2D eigenvalue weighted by molar-refractivity contribution is 0.650. The van der Waals surface area contributed by atoms with E-state index in [9.17, 15) is 0 Å². The third-order valence-corrected chi connectivity index (χ3v) is 3.41. The van der Waals surface area contributed by atoms with Gasteiger partial charge in [-0.25, -0.2) is 0 Å². The number of nitrogens with two attached hydrogens (primary N) is 1. The number of aromatic nitrogens is 1. The van der Waals surface area contributed by atoms with Gasteiger partial charge < -0.3 is 5.73 Å². The summed E-state index contributed by atoms with van der Waals surface area (Å²) in [6.07, 6.45) is 7.95. The predicted molar refractivity (Wildman–Crippen MR) is 79.9 cm³/mol. The molecule has 0 spiro atoms. The second kappa shape index (κ2) is 7.05. The molecule has 2 N–H and O–H groups in total. The largest absolute Gasteiger partial charge is 0.324 e. The van der Waals surface area contributed by atoms with Gasteiger partial charge in [0.15, 0.2) is 0 Å². The Morgan fingerprint density at radius 1 is 1.05 bits per heavy atom. The average Bonchev–Trinajstić information content (AvgIpc) is 2.46. The average molecular weight is 254 g/mol. The second-order valence-electron chi connectivity index (χ2n) is 5.00. The molecule has 19 heavy (non-hydrogen) atoms. The highest BCUT2D eigenvalue weighted by Gasteiger charge is 2.06. The summed E-state index contributed by atoms with van der Waals surface area (Å²) in [5.74, 6) is 0. The molecule has 0 aliphatic rings. The Bertz CT molecular complexity index is 494. The summed E-state index contributed by atoms with van der Waals surface area (Å²) in [5, 5.41) is 0. The third kappa shape index (κ3) is 4.18. The lowest BCUT2D eigenvalue weighted by atomic mass is 9.97. The zero-order valence-electron chi connectivity index (χ0n) is 11.5. The molecule has 2 nitrogen and oxygen atoms in total. The molecule has 0 amide bonds. The van der Waals surface area contributed by atoms with Crippen LogP contribution in [0, 0.1) is 0 Å². The van der Waals surface area contributed by atoms with E-state index in [-0.39, 0.29) is 6.04 Å². The quantitative estimate of drug-likeness (QED) is 0.854. The van der Waals surface area contributed by atoms with Gasteiger partial charge in [-0.3, -0.25) is 4.98 Å². The summed E-state index contributed by atoms with van der Waals surface area (Å²) < 4.78 is 0. The summed E-state index contributed by atoms with van der Waals surface area (Å²) in [6, 6.07) is 12.9. The van der Waals surface area contributed by atoms with E-state index in [0.717, 1.165) is 19.3 Å². The van der Waals surface area contributed by atoms with Crippen LogP contribution < -0.4 is 5.73 Å². The van der Waals surface area contributed by atoms with Crippen LogP contribution in [0.3, 0.4) is 0 Å². The molecular formula is C17H22N2. The number of rotatable bonds is 6. The van der Waals surface area contributed by atoms with Crippen LogP contribution in [0.15, 0.2) is 48.8 Å². The van der Waals surface area contributed by atoms with E-state index in [1.165, 1.54) is 23.1 Å². The fourth-order valence-electron chi connectivity index (χ4n) is 2.31. The smallest absolute Gasteiger partial charge is 0.0298 e. The maximum absolute atomic E-state index is 6.29. The standard InChI is InChI=1S/C17H22N2/c1-2-4-15-5-3-6-16(13-15)17(18)8-7-14-9-11-19-12-10-14/h3,5-6,9-13,17H,2,4,7-8,18H2,1H3. The number of benzene rings is 1. The summed E-state index contributed by atoms with van der Waals surface area (Å²) >= 11 is 0. The van der Waals surface area contributed by atoms with E-state index in [0.29, 0.717) is 0 Å². The Kier molecular flexibility index (Phi) is 5.10. The zero-order chi connectivity index (χ0) is 13.5. The number of aryl methyl sites for hydroxylation is 2. The highest BCUT2D eigenvalue weighted by Crippen LogP contribution is 2.18. The molecule has 1 atom stereocenters. The molecule has 0 fully saturated rings. The molecule has 2 aromatic rings. The van der Waals surface area contributed by atoms with Crippen LogP contribution in [0.1, 0.15) is 42.5 Å². The third-order valence-electron chi connectivity index (χ3n) is 3.41. The van der Waals surface area contributed by atoms with Crippen molar-refractivity contribution in [3.05, 3.63) is 65.5 Å². The first-order valence-electron chi connectivity index (χ1n) is 7.03. The molecule has 0 bridgehead atoms. The fourth-order valence-corrected chi connectivity index (χ4v) is 2.31. The van der Waals surface area contributed by atoms with Crippen LogP contribution in [-0.4, -0.2) is 4.98 Å². The van der Waals surface area contributed by atoms with Gasteiger partial charge in [0.05, 0.1) is 0 Å². The van der Waals surface area contributed by atoms with Crippen LogP contribution >= 0.6 is 0 Å². The van der Waals surface area contributed by atoms with Crippen molar-refractivity contribution < 1.29 is 0 Å². The Balaban J connectivity index is 1.95. The Morgan fingerprint density at radius 3 is 2.58 bits per heavy atom. The number of nitrogens with zero attached hydrogens (tertiary/aromatic N) is 1. The van der Waals surface area contributed by atoms with Crippen molar-refractivity contribution >= 4 is 0 Å². The molecule has 1 aromatic carbocycles. The highest BCUT2D eigenvalue weighted by molar-refractivity contribution is 5.26. The van der Waals surface area contributed by atoms with Gasteiger partial charge in [-0.15, -0.1) is 0 Å². The van der Waals surface area contributed by atoms with Gasteiger partial charge in [-0.1, -0.05) is 37.6 Å². The number of pyridine rings is 1. The van der Waals surface area contributed by atoms with Crippen molar-refractivity contribution in [2.45, 2.75) is 38.6 Å². The minimum atomic E-state index is 0.116. The maximum atomic E-state index is 6.29. The van der Waals surface area contributed by atoms with Crippen molar-refractivity contribution in [2.75, 3.05) is 0 Å². The van der Waals surface area contributed by atoms with Gasteiger partial charge in [0.1, 0.15) is 0 Å². The molecule has 0 saturated heterocycles. The van der Waals surface area contributed by atoms with E-state index in [4.69, 9.17) is 5.73 Å². The van der Waals surface area contributed by atoms with Gasteiger partial charge >= 0.3 is 0 Å². The molecule has 0 radical (unpaired) electrons. The Morgan fingerprint density at radius 2 is 1.84 bits per heavy atom. The zero-order valence-corrected chi connectivity index (χ0v) is 11.5. The van der Waals surface area contributed by atoms with Crippen molar-refractivity contribution in [1.82, 2.24) is 4.98 Å². The normalized spacial score (nSPS) is 12.3.